The van der Waals surface area contributed by atoms with Crippen molar-refractivity contribution in [1.82, 2.24) is 0 Å². The van der Waals surface area contributed by atoms with Crippen LogP contribution < -0.4 is 0 Å². The molecule has 0 spiro atoms. The van der Waals surface area contributed by atoms with Crippen LogP contribution in [0.5, 0.6) is 0 Å². The van der Waals surface area contributed by atoms with Crippen molar-refractivity contribution >= 4 is 11.9 Å². The molecule has 0 aliphatic rings. The zero-order valence-electron chi connectivity index (χ0n) is 6.17. The molecule has 0 fully saturated rings. The largest absolute Gasteiger partial charge is 0.481 e. The molecular weight excluding hydrogens is 168 g/mol. The van der Waals surface area contributed by atoms with Gasteiger partial charge in [0, 0.05) is 19.1 Å². The molecule has 0 aromatic heterocycles. The Balaban J connectivity index is 4.47. The quantitative estimate of drug-likeness (QED) is 0.376. The molecule has 0 aromatic rings. The Hall–Kier alpha value is -1.14. The lowest BCUT2D eigenvalue weighted by Crippen LogP contribution is -2.35. The molecule has 0 aliphatic carbocycles. The number of hydrogen-bond acceptors (Lipinski definition) is 4. The van der Waals surface area contributed by atoms with E-state index in [0.717, 1.165) is 0 Å². The van der Waals surface area contributed by atoms with Crippen LogP contribution in [0.4, 0.5) is 0 Å². The first-order valence-corrected chi connectivity index (χ1v) is 3.22. The van der Waals surface area contributed by atoms with Crippen LogP contribution >= 0.6 is 0 Å². The molecule has 0 saturated heterocycles. The number of carboxylic acids is 2. The van der Waals surface area contributed by atoms with E-state index in [-0.39, 0.29) is 0 Å². The summed E-state index contributed by atoms with van der Waals surface area (Å²) in [6.07, 6.45) is 0. The minimum Gasteiger partial charge on any atom is -0.481 e. The summed E-state index contributed by atoms with van der Waals surface area (Å²) >= 11 is 0. The second kappa shape index (κ2) is 4.68. The van der Waals surface area contributed by atoms with Crippen LogP contribution in [0.3, 0.4) is 0 Å². The number of carbonyl (C=O) groups is 2. The summed E-state index contributed by atoms with van der Waals surface area (Å²) in [6.45, 7) is -1.33. The third-order valence-electron chi connectivity index (χ3n) is 1.47. The van der Waals surface area contributed by atoms with Crippen molar-refractivity contribution < 1.29 is 30.0 Å². The van der Waals surface area contributed by atoms with Gasteiger partial charge in [-0.2, -0.15) is 0 Å². The van der Waals surface area contributed by atoms with Gasteiger partial charge in [0.25, 0.3) is 0 Å². The van der Waals surface area contributed by atoms with Gasteiger partial charge < -0.3 is 20.4 Å². The molecule has 0 bridgehead atoms. The van der Waals surface area contributed by atoms with Crippen LogP contribution in [0.1, 0.15) is 0 Å². The fraction of sp³-hybridized carbons (Fsp3) is 0.667. The minimum atomic E-state index is -1.75. The Morgan fingerprint density at radius 3 is 1.42 bits per heavy atom. The highest BCUT2D eigenvalue weighted by Crippen LogP contribution is 2.11. The van der Waals surface area contributed by atoms with Gasteiger partial charge in [-0.1, -0.05) is 0 Å². The number of aliphatic carboxylic acids is 2. The fourth-order valence-electron chi connectivity index (χ4n) is 0.777. The molecule has 0 radical (unpaired) electrons. The van der Waals surface area contributed by atoms with E-state index in [1.54, 1.807) is 0 Å². The summed E-state index contributed by atoms with van der Waals surface area (Å²) in [5.41, 5.74) is 0. The zero-order chi connectivity index (χ0) is 9.72. The van der Waals surface area contributed by atoms with E-state index >= 15 is 0 Å². The number of aliphatic hydroxyl groups is 2. The first kappa shape index (κ1) is 10.9. The Morgan fingerprint density at radius 1 is 1.00 bits per heavy atom. The lowest BCUT2D eigenvalue weighted by atomic mass is 9.94. The molecule has 0 aromatic carbocycles. The van der Waals surface area contributed by atoms with Gasteiger partial charge in [0.05, 0.1) is 0 Å². The molecule has 6 heteroatoms. The summed E-state index contributed by atoms with van der Waals surface area (Å²) in [4.78, 5) is 20.6. The van der Waals surface area contributed by atoms with E-state index in [4.69, 9.17) is 20.4 Å². The van der Waals surface area contributed by atoms with E-state index in [0.29, 0.717) is 0 Å². The summed E-state index contributed by atoms with van der Waals surface area (Å²) in [6, 6.07) is 0. The molecular formula is C6H10O6. The van der Waals surface area contributed by atoms with E-state index in [2.05, 4.69) is 0 Å². The normalized spacial score (nSPS) is 10.7. The second-order valence-electron chi connectivity index (χ2n) is 2.28. The van der Waals surface area contributed by atoms with Gasteiger partial charge in [-0.25, -0.2) is 0 Å². The smallest absolute Gasteiger partial charge is 0.318 e. The highest BCUT2D eigenvalue weighted by atomic mass is 16.4. The van der Waals surface area contributed by atoms with Gasteiger partial charge in [-0.15, -0.1) is 0 Å². The molecule has 0 rings (SSSR count). The van der Waals surface area contributed by atoms with Crippen LogP contribution in [-0.4, -0.2) is 45.6 Å². The highest BCUT2D eigenvalue weighted by Gasteiger charge is 2.33. The predicted octanol–water partition coefficient (Wildman–Crippen LogP) is -1.63. The lowest BCUT2D eigenvalue weighted by molar-refractivity contribution is -0.159. The number of carboxylic acid groups (broad SMARTS) is 2. The molecule has 70 valence electrons. The summed E-state index contributed by atoms with van der Waals surface area (Å²) in [7, 11) is 0. The average Bonchev–Trinajstić information content (AvgIpc) is 1.98. The molecule has 0 heterocycles. The molecule has 0 atom stereocenters. The third kappa shape index (κ3) is 2.48. The van der Waals surface area contributed by atoms with Crippen molar-refractivity contribution in [1.29, 1.82) is 0 Å². The maximum atomic E-state index is 10.3. The predicted molar refractivity (Wildman–Crippen MR) is 36.4 cm³/mol. The molecule has 12 heavy (non-hydrogen) atoms. The molecule has 0 aliphatic heterocycles. The van der Waals surface area contributed by atoms with Crippen LogP contribution in [0.2, 0.25) is 0 Å². The molecule has 0 amide bonds. The van der Waals surface area contributed by atoms with Crippen molar-refractivity contribution in [3.63, 3.8) is 0 Å². The van der Waals surface area contributed by atoms with E-state index < -0.39 is 37.0 Å². The Morgan fingerprint density at radius 2 is 1.33 bits per heavy atom. The highest BCUT2D eigenvalue weighted by molar-refractivity contribution is 5.93. The Bertz CT molecular complexity index is 159. The van der Waals surface area contributed by atoms with Crippen molar-refractivity contribution in [2.24, 2.45) is 11.8 Å². The number of aliphatic hydroxyl groups excluding tert-OH is 2. The average molecular weight is 178 g/mol. The maximum Gasteiger partial charge on any atom is 0.318 e. The van der Waals surface area contributed by atoms with Crippen LogP contribution in [0.15, 0.2) is 0 Å². The maximum absolute atomic E-state index is 10.3. The summed E-state index contributed by atoms with van der Waals surface area (Å²) in [5, 5.41) is 33.8. The van der Waals surface area contributed by atoms with Crippen LogP contribution in [0.25, 0.3) is 0 Å². The third-order valence-corrected chi connectivity index (χ3v) is 1.47. The van der Waals surface area contributed by atoms with Gasteiger partial charge in [0.2, 0.25) is 0 Å². The van der Waals surface area contributed by atoms with Gasteiger partial charge in [-0.3, -0.25) is 9.59 Å². The Kier molecular flexibility index (Phi) is 4.24. The van der Waals surface area contributed by atoms with Crippen molar-refractivity contribution in [3.8, 4) is 0 Å². The van der Waals surface area contributed by atoms with E-state index in [1.165, 1.54) is 0 Å². The molecule has 4 N–H and O–H groups in total. The lowest BCUT2D eigenvalue weighted by Gasteiger charge is -2.15. The standard InChI is InChI=1S/C6H10O6/c7-1-3(2-8)4(5(9)10)6(11)12/h3-4,7-8H,1-2H2,(H,9,10)(H,11,12). The topological polar surface area (TPSA) is 115 Å². The summed E-state index contributed by atoms with van der Waals surface area (Å²) < 4.78 is 0. The Labute approximate surface area is 68.1 Å². The van der Waals surface area contributed by atoms with Crippen LogP contribution in [-0.2, 0) is 9.59 Å². The first-order chi connectivity index (χ1) is 5.54. The number of hydrogen-bond donors (Lipinski definition) is 4. The SMILES string of the molecule is O=C(O)C(C(=O)O)C(CO)CO. The zero-order valence-corrected chi connectivity index (χ0v) is 6.17. The molecule has 6 nitrogen and oxygen atoms in total. The van der Waals surface area contributed by atoms with Crippen LogP contribution in [0, 0.1) is 11.8 Å². The van der Waals surface area contributed by atoms with E-state index in [1.807, 2.05) is 0 Å². The minimum absolute atomic E-state index is 0.667. The first-order valence-electron chi connectivity index (χ1n) is 3.22. The van der Waals surface area contributed by atoms with E-state index in [9.17, 15) is 9.59 Å². The second-order valence-corrected chi connectivity index (χ2v) is 2.28. The van der Waals surface area contributed by atoms with Gasteiger partial charge >= 0.3 is 11.9 Å². The van der Waals surface area contributed by atoms with Crippen molar-refractivity contribution in [3.05, 3.63) is 0 Å². The fourth-order valence-corrected chi connectivity index (χ4v) is 0.777. The van der Waals surface area contributed by atoms with Crippen molar-refractivity contribution in [2.45, 2.75) is 0 Å². The molecule has 0 saturated carbocycles. The monoisotopic (exact) mass is 178 g/mol. The van der Waals surface area contributed by atoms with Crippen molar-refractivity contribution in [2.75, 3.05) is 13.2 Å². The summed E-state index contributed by atoms with van der Waals surface area (Å²) in [5.74, 6) is -6.02. The van der Waals surface area contributed by atoms with Gasteiger partial charge in [0.15, 0.2) is 5.92 Å². The number of rotatable bonds is 5. The van der Waals surface area contributed by atoms with Gasteiger partial charge in [-0.05, 0) is 0 Å². The van der Waals surface area contributed by atoms with Gasteiger partial charge in [0.1, 0.15) is 0 Å². The molecule has 0 unspecified atom stereocenters.